The Bertz CT molecular complexity index is 747. The molecule has 3 rings (SSSR count). The minimum Gasteiger partial charge on any atom is -0.366 e. The Labute approximate surface area is 134 Å². The Morgan fingerprint density at radius 2 is 1.74 bits per heavy atom. The summed E-state index contributed by atoms with van der Waals surface area (Å²) in [6.07, 6.45) is 0. The molecular weight excluding hydrogens is 293 g/mol. The molecule has 5 heteroatoms. The van der Waals surface area contributed by atoms with Crippen LogP contribution in [-0.4, -0.2) is 37.0 Å². The van der Waals surface area contributed by atoms with Crippen molar-refractivity contribution in [1.82, 2.24) is 4.90 Å². The van der Waals surface area contributed by atoms with Crippen molar-refractivity contribution in [2.75, 3.05) is 31.1 Å². The zero-order valence-electron chi connectivity index (χ0n) is 12.6. The van der Waals surface area contributed by atoms with Crippen LogP contribution in [0.5, 0.6) is 0 Å². The van der Waals surface area contributed by atoms with Crippen LogP contribution in [0.1, 0.15) is 15.9 Å². The van der Waals surface area contributed by atoms with E-state index in [-0.39, 0.29) is 5.91 Å². The largest absolute Gasteiger partial charge is 0.366 e. The first-order chi connectivity index (χ1) is 11.2. The highest BCUT2D eigenvalue weighted by Crippen LogP contribution is 2.22. The van der Waals surface area contributed by atoms with Gasteiger partial charge in [-0.05, 0) is 30.3 Å². The van der Waals surface area contributed by atoms with E-state index < -0.39 is 5.82 Å². The number of amides is 1. The van der Waals surface area contributed by atoms with Crippen LogP contribution in [0.25, 0.3) is 0 Å². The third kappa shape index (κ3) is 3.16. The molecule has 116 valence electrons. The fourth-order valence-electron chi connectivity index (χ4n) is 2.75. The molecule has 0 saturated carbocycles. The van der Waals surface area contributed by atoms with Crippen molar-refractivity contribution in [2.45, 2.75) is 0 Å². The van der Waals surface area contributed by atoms with Crippen molar-refractivity contribution in [3.63, 3.8) is 0 Å². The molecule has 23 heavy (non-hydrogen) atoms. The average molecular weight is 309 g/mol. The van der Waals surface area contributed by atoms with Gasteiger partial charge in [-0.2, -0.15) is 5.26 Å². The number of halogens is 1. The monoisotopic (exact) mass is 309 g/mol. The molecule has 0 unspecified atom stereocenters. The summed E-state index contributed by atoms with van der Waals surface area (Å²) in [6, 6.07) is 15.6. The molecule has 4 nitrogen and oxygen atoms in total. The minimum atomic E-state index is -0.396. The molecule has 1 saturated heterocycles. The standard InChI is InChI=1S/C18H16FN3O/c19-16-12-14(13-20)6-7-17(16)21-8-10-22(11-9-21)18(23)15-4-2-1-3-5-15/h1-7,12H,8-11H2. The molecule has 0 N–H and O–H groups in total. The number of rotatable bonds is 2. The van der Waals surface area contributed by atoms with Crippen LogP contribution >= 0.6 is 0 Å². The predicted molar refractivity (Wildman–Crippen MR) is 85.7 cm³/mol. The summed E-state index contributed by atoms with van der Waals surface area (Å²) in [6.45, 7) is 2.24. The fourth-order valence-corrected chi connectivity index (χ4v) is 2.75. The van der Waals surface area contributed by atoms with Gasteiger partial charge in [0.1, 0.15) is 5.82 Å². The Morgan fingerprint density at radius 1 is 1.04 bits per heavy atom. The van der Waals surface area contributed by atoms with E-state index in [1.807, 2.05) is 29.2 Å². The minimum absolute atomic E-state index is 0.00514. The zero-order chi connectivity index (χ0) is 16.2. The number of carbonyl (C=O) groups excluding carboxylic acids is 1. The van der Waals surface area contributed by atoms with Crippen molar-refractivity contribution in [3.8, 4) is 6.07 Å². The third-order valence-corrected chi connectivity index (χ3v) is 4.01. The van der Waals surface area contributed by atoms with Gasteiger partial charge < -0.3 is 9.80 Å². The van der Waals surface area contributed by atoms with E-state index in [2.05, 4.69) is 0 Å². The maximum Gasteiger partial charge on any atom is 0.253 e. The summed E-state index contributed by atoms with van der Waals surface area (Å²) in [5.41, 5.74) is 1.46. The fraction of sp³-hybridized carbons (Fsp3) is 0.222. The Kier molecular flexibility index (Phi) is 4.24. The summed E-state index contributed by atoms with van der Waals surface area (Å²) in [4.78, 5) is 16.1. The molecule has 2 aromatic rings. The number of benzene rings is 2. The lowest BCUT2D eigenvalue weighted by Crippen LogP contribution is -2.49. The molecule has 1 aliphatic rings. The van der Waals surface area contributed by atoms with Gasteiger partial charge in [-0.25, -0.2) is 4.39 Å². The quantitative estimate of drug-likeness (QED) is 0.857. The van der Waals surface area contributed by atoms with E-state index in [0.717, 1.165) is 0 Å². The first kappa shape index (κ1) is 15.0. The van der Waals surface area contributed by atoms with Crippen molar-refractivity contribution in [3.05, 3.63) is 65.5 Å². The van der Waals surface area contributed by atoms with Crippen LogP contribution in [0, 0.1) is 17.1 Å². The Morgan fingerprint density at radius 3 is 2.35 bits per heavy atom. The second-order valence-electron chi connectivity index (χ2n) is 5.42. The molecule has 1 fully saturated rings. The first-order valence-corrected chi connectivity index (χ1v) is 7.48. The Balaban J connectivity index is 1.67. The normalized spacial score (nSPS) is 14.4. The van der Waals surface area contributed by atoms with Crippen LogP contribution in [-0.2, 0) is 0 Å². The van der Waals surface area contributed by atoms with Gasteiger partial charge in [0.05, 0.1) is 17.3 Å². The molecule has 1 amide bonds. The van der Waals surface area contributed by atoms with Crippen molar-refractivity contribution < 1.29 is 9.18 Å². The average Bonchev–Trinajstić information content (AvgIpc) is 2.62. The summed E-state index contributed by atoms with van der Waals surface area (Å²) < 4.78 is 14.1. The summed E-state index contributed by atoms with van der Waals surface area (Å²) in [7, 11) is 0. The summed E-state index contributed by atoms with van der Waals surface area (Å²) >= 11 is 0. The molecule has 0 spiro atoms. The van der Waals surface area contributed by atoms with E-state index >= 15 is 0 Å². The van der Waals surface area contributed by atoms with Gasteiger partial charge in [-0.3, -0.25) is 4.79 Å². The zero-order valence-corrected chi connectivity index (χ0v) is 12.6. The lowest BCUT2D eigenvalue weighted by molar-refractivity contribution is 0.0746. The number of hydrogen-bond acceptors (Lipinski definition) is 3. The number of anilines is 1. The van der Waals surface area contributed by atoms with Crippen molar-refractivity contribution >= 4 is 11.6 Å². The predicted octanol–water partition coefficient (Wildman–Crippen LogP) is 2.66. The number of nitrogens with zero attached hydrogens (tertiary/aromatic N) is 3. The van der Waals surface area contributed by atoms with Gasteiger partial charge in [0.2, 0.25) is 0 Å². The molecule has 0 aliphatic carbocycles. The third-order valence-electron chi connectivity index (χ3n) is 4.01. The van der Waals surface area contributed by atoms with Gasteiger partial charge in [0.15, 0.2) is 0 Å². The van der Waals surface area contributed by atoms with E-state index in [0.29, 0.717) is 43.0 Å². The van der Waals surface area contributed by atoms with Gasteiger partial charge >= 0.3 is 0 Å². The van der Waals surface area contributed by atoms with Crippen LogP contribution in [0.3, 0.4) is 0 Å². The Hall–Kier alpha value is -2.87. The molecule has 0 bridgehead atoms. The van der Waals surface area contributed by atoms with E-state index in [4.69, 9.17) is 5.26 Å². The molecule has 0 aromatic heterocycles. The molecule has 1 heterocycles. The van der Waals surface area contributed by atoms with Crippen LogP contribution in [0.4, 0.5) is 10.1 Å². The van der Waals surface area contributed by atoms with Crippen LogP contribution < -0.4 is 4.90 Å². The van der Waals surface area contributed by atoms with E-state index in [1.165, 1.54) is 6.07 Å². The lowest BCUT2D eigenvalue weighted by Gasteiger charge is -2.36. The molecule has 0 radical (unpaired) electrons. The maximum absolute atomic E-state index is 14.1. The summed E-state index contributed by atoms with van der Waals surface area (Å²) in [5.74, 6) is -0.391. The van der Waals surface area contributed by atoms with E-state index in [9.17, 15) is 9.18 Å². The van der Waals surface area contributed by atoms with Gasteiger partial charge in [0, 0.05) is 31.7 Å². The SMILES string of the molecule is N#Cc1ccc(N2CCN(C(=O)c3ccccc3)CC2)c(F)c1. The maximum atomic E-state index is 14.1. The topological polar surface area (TPSA) is 47.3 Å². The highest BCUT2D eigenvalue weighted by atomic mass is 19.1. The van der Waals surface area contributed by atoms with Crippen molar-refractivity contribution in [1.29, 1.82) is 5.26 Å². The first-order valence-electron chi connectivity index (χ1n) is 7.48. The molecular formula is C18H16FN3O. The lowest BCUT2D eigenvalue weighted by atomic mass is 10.1. The van der Waals surface area contributed by atoms with Gasteiger partial charge in [0.25, 0.3) is 5.91 Å². The van der Waals surface area contributed by atoms with Crippen LogP contribution in [0.15, 0.2) is 48.5 Å². The number of nitriles is 1. The smallest absolute Gasteiger partial charge is 0.253 e. The number of carbonyl (C=O) groups is 1. The van der Waals surface area contributed by atoms with Gasteiger partial charge in [-0.15, -0.1) is 0 Å². The second kappa shape index (κ2) is 6.49. The van der Waals surface area contributed by atoms with Gasteiger partial charge in [-0.1, -0.05) is 18.2 Å². The highest BCUT2D eigenvalue weighted by molar-refractivity contribution is 5.94. The highest BCUT2D eigenvalue weighted by Gasteiger charge is 2.23. The van der Waals surface area contributed by atoms with E-state index in [1.54, 1.807) is 29.2 Å². The second-order valence-corrected chi connectivity index (χ2v) is 5.42. The molecule has 2 aromatic carbocycles. The van der Waals surface area contributed by atoms with Crippen LogP contribution in [0.2, 0.25) is 0 Å². The number of piperazine rings is 1. The molecule has 0 atom stereocenters. The van der Waals surface area contributed by atoms with Crippen molar-refractivity contribution in [2.24, 2.45) is 0 Å². The number of hydrogen-bond donors (Lipinski definition) is 0. The molecule has 1 aliphatic heterocycles. The summed E-state index contributed by atoms with van der Waals surface area (Å²) in [5, 5.41) is 8.79.